The number of aromatic nitrogens is 2. The Morgan fingerprint density at radius 1 is 1.47 bits per heavy atom. The number of anilines is 2. The fraction of sp³-hybridized carbons (Fsp3) is 0.182. The van der Waals surface area contributed by atoms with Gasteiger partial charge in [-0.3, -0.25) is 0 Å². The van der Waals surface area contributed by atoms with E-state index < -0.39 is 0 Å². The number of halogens is 2. The van der Waals surface area contributed by atoms with Crippen molar-refractivity contribution in [3.63, 3.8) is 0 Å². The van der Waals surface area contributed by atoms with Gasteiger partial charge >= 0.3 is 0 Å². The molecular weight excluding hydrogens is 334 g/mol. The second kappa shape index (κ2) is 5.35. The standard InChI is InChI=1S/C11H12FIN4/c12-7-5-10(9(14)6-8(7)13)15-2-1-11-16-3-4-17-11/h3-6,15H,1-2,14H2,(H,16,17). The largest absolute Gasteiger partial charge is 0.397 e. The highest BCUT2D eigenvalue weighted by atomic mass is 127. The number of hydrogen-bond donors (Lipinski definition) is 3. The number of nitrogen functional groups attached to an aromatic ring is 1. The molecule has 6 heteroatoms. The molecule has 0 aliphatic carbocycles. The Labute approximate surface area is 112 Å². The number of benzene rings is 1. The molecule has 0 radical (unpaired) electrons. The van der Waals surface area contributed by atoms with Gasteiger partial charge in [-0.25, -0.2) is 9.37 Å². The molecule has 0 unspecified atom stereocenters. The molecule has 0 aliphatic heterocycles. The summed E-state index contributed by atoms with van der Waals surface area (Å²) < 4.78 is 13.9. The van der Waals surface area contributed by atoms with Gasteiger partial charge in [0.05, 0.1) is 14.9 Å². The summed E-state index contributed by atoms with van der Waals surface area (Å²) in [4.78, 5) is 7.10. The minimum Gasteiger partial charge on any atom is -0.397 e. The van der Waals surface area contributed by atoms with Crippen LogP contribution in [0.4, 0.5) is 15.8 Å². The zero-order valence-corrected chi connectivity index (χ0v) is 11.2. The summed E-state index contributed by atoms with van der Waals surface area (Å²) in [5, 5.41) is 3.09. The SMILES string of the molecule is Nc1cc(I)c(F)cc1NCCc1ncc[nH]1. The summed E-state index contributed by atoms with van der Waals surface area (Å²) in [6.45, 7) is 0.651. The lowest BCUT2D eigenvalue weighted by Gasteiger charge is -2.09. The number of aromatic amines is 1. The lowest BCUT2D eigenvalue weighted by molar-refractivity contribution is 0.621. The van der Waals surface area contributed by atoms with Gasteiger partial charge in [-0.2, -0.15) is 0 Å². The first kappa shape index (κ1) is 12.2. The first-order valence-corrected chi connectivity index (χ1v) is 6.21. The summed E-state index contributed by atoms with van der Waals surface area (Å²) in [6.07, 6.45) is 4.21. The molecule has 2 aromatic rings. The second-order valence-electron chi connectivity index (χ2n) is 3.57. The van der Waals surface area contributed by atoms with Crippen LogP contribution in [-0.4, -0.2) is 16.5 Å². The van der Waals surface area contributed by atoms with Crippen LogP contribution >= 0.6 is 22.6 Å². The third-order valence-electron chi connectivity index (χ3n) is 2.32. The van der Waals surface area contributed by atoms with Gasteiger partial charge in [0, 0.05) is 31.4 Å². The number of H-pyrrole nitrogens is 1. The molecule has 0 fully saturated rings. The smallest absolute Gasteiger partial charge is 0.138 e. The van der Waals surface area contributed by atoms with Crippen molar-refractivity contribution in [2.75, 3.05) is 17.6 Å². The van der Waals surface area contributed by atoms with E-state index in [4.69, 9.17) is 5.73 Å². The molecule has 0 saturated heterocycles. The van der Waals surface area contributed by atoms with E-state index in [1.807, 2.05) is 22.6 Å². The van der Waals surface area contributed by atoms with E-state index >= 15 is 0 Å². The highest BCUT2D eigenvalue weighted by Gasteiger charge is 2.05. The molecule has 4 N–H and O–H groups in total. The summed E-state index contributed by atoms with van der Waals surface area (Å²) >= 11 is 1.92. The van der Waals surface area contributed by atoms with Crippen LogP contribution < -0.4 is 11.1 Å². The molecule has 0 saturated carbocycles. The van der Waals surface area contributed by atoms with E-state index in [0.29, 0.717) is 21.5 Å². The van der Waals surface area contributed by atoms with Gasteiger partial charge in [0.1, 0.15) is 11.6 Å². The molecule has 0 aliphatic rings. The highest BCUT2D eigenvalue weighted by molar-refractivity contribution is 14.1. The average molecular weight is 346 g/mol. The molecule has 0 spiro atoms. The van der Waals surface area contributed by atoms with Crippen LogP contribution in [0.1, 0.15) is 5.82 Å². The molecule has 1 aromatic carbocycles. The normalized spacial score (nSPS) is 10.5. The molecule has 0 bridgehead atoms. The molecule has 17 heavy (non-hydrogen) atoms. The number of nitrogens with two attached hydrogens (primary N) is 1. The van der Waals surface area contributed by atoms with E-state index in [0.717, 1.165) is 12.2 Å². The van der Waals surface area contributed by atoms with E-state index in [1.165, 1.54) is 6.07 Å². The number of nitrogens with one attached hydrogen (secondary N) is 2. The Balaban J connectivity index is 1.97. The van der Waals surface area contributed by atoms with Crippen LogP contribution in [0.2, 0.25) is 0 Å². The Hall–Kier alpha value is -1.31. The first-order valence-electron chi connectivity index (χ1n) is 5.13. The van der Waals surface area contributed by atoms with E-state index in [1.54, 1.807) is 18.5 Å². The predicted octanol–water partition coefficient (Wildman–Crippen LogP) is 2.39. The topological polar surface area (TPSA) is 66.7 Å². The van der Waals surface area contributed by atoms with Gasteiger partial charge in [-0.1, -0.05) is 0 Å². The van der Waals surface area contributed by atoms with Crippen molar-refractivity contribution in [1.29, 1.82) is 0 Å². The Bertz CT molecular complexity index is 498. The van der Waals surface area contributed by atoms with Crippen LogP contribution in [0.15, 0.2) is 24.5 Å². The van der Waals surface area contributed by atoms with Gasteiger partial charge in [-0.05, 0) is 28.7 Å². The monoisotopic (exact) mass is 346 g/mol. The van der Waals surface area contributed by atoms with Gasteiger partial charge in [-0.15, -0.1) is 0 Å². The van der Waals surface area contributed by atoms with Crippen LogP contribution in [-0.2, 0) is 6.42 Å². The predicted molar refractivity (Wildman–Crippen MR) is 74.3 cm³/mol. The van der Waals surface area contributed by atoms with Gasteiger partial charge in [0.25, 0.3) is 0 Å². The van der Waals surface area contributed by atoms with E-state index in [9.17, 15) is 4.39 Å². The van der Waals surface area contributed by atoms with Crippen LogP contribution in [0.5, 0.6) is 0 Å². The van der Waals surface area contributed by atoms with Crippen LogP contribution in [0, 0.1) is 9.39 Å². The summed E-state index contributed by atoms with van der Waals surface area (Å²) in [5.41, 5.74) is 6.96. The molecule has 1 aromatic heterocycles. The van der Waals surface area contributed by atoms with Crippen LogP contribution in [0.3, 0.4) is 0 Å². The second-order valence-corrected chi connectivity index (χ2v) is 4.73. The minimum atomic E-state index is -0.264. The number of imidazole rings is 1. The molecule has 90 valence electrons. The lowest BCUT2D eigenvalue weighted by Crippen LogP contribution is -2.08. The van der Waals surface area contributed by atoms with E-state index in [2.05, 4.69) is 15.3 Å². The van der Waals surface area contributed by atoms with Crippen LogP contribution in [0.25, 0.3) is 0 Å². The minimum absolute atomic E-state index is 0.264. The molecular formula is C11H12FIN4. The Morgan fingerprint density at radius 2 is 2.29 bits per heavy atom. The van der Waals surface area contributed by atoms with E-state index in [-0.39, 0.29) is 5.82 Å². The zero-order chi connectivity index (χ0) is 12.3. The number of hydrogen-bond acceptors (Lipinski definition) is 3. The lowest BCUT2D eigenvalue weighted by atomic mass is 10.2. The van der Waals surface area contributed by atoms with Crippen molar-refractivity contribution in [2.45, 2.75) is 6.42 Å². The molecule has 2 rings (SSSR count). The number of rotatable bonds is 4. The zero-order valence-electron chi connectivity index (χ0n) is 9.00. The first-order chi connectivity index (χ1) is 8.16. The van der Waals surface area contributed by atoms with Crippen molar-refractivity contribution in [3.05, 3.63) is 39.7 Å². The van der Waals surface area contributed by atoms with Gasteiger partial charge < -0.3 is 16.0 Å². The Kier molecular flexibility index (Phi) is 3.82. The third kappa shape index (κ3) is 3.09. The summed E-state index contributed by atoms with van der Waals surface area (Å²) in [7, 11) is 0. The van der Waals surface area contributed by atoms with Crippen molar-refractivity contribution in [1.82, 2.24) is 9.97 Å². The highest BCUT2D eigenvalue weighted by Crippen LogP contribution is 2.23. The molecule has 4 nitrogen and oxygen atoms in total. The van der Waals surface area contributed by atoms with Gasteiger partial charge in [0.2, 0.25) is 0 Å². The summed E-state index contributed by atoms with van der Waals surface area (Å²) in [6, 6.07) is 3.03. The van der Waals surface area contributed by atoms with Crippen molar-refractivity contribution in [2.24, 2.45) is 0 Å². The molecule has 0 amide bonds. The fourth-order valence-corrected chi connectivity index (χ4v) is 1.96. The summed E-state index contributed by atoms with van der Waals surface area (Å²) in [5.74, 6) is 0.627. The number of nitrogens with zero attached hydrogens (tertiary/aromatic N) is 1. The van der Waals surface area contributed by atoms with Crippen molar-refractivity contribution in [3.8, 4) is 0 Å². The molecule has 0 atom stereocenters. The fourth-order valence-electron chi connectivity index (χ4n) is 1.47. The van der Waals surface area contributed by atoms with Crippen molar-refractivity contribution >= 4 is 34.0 Å². The third-order valence-corrected chi connectivity index (χ3v) is 3.15. The maximum absolute atomic E-state index is 13.3. The maximum atomic E-state index is 13.3. The van der Waals surface area contributed by atoms with Gasteiger partial charge in [0.15, 0.2) is 0 Å². The molecule has 1 heterocycles. The Morgan fingerprint density at radius 3 is 3.00 bits per heavy atom. The average Bonchev–Trinajstić information content (AvgIpc) is 2.78. The maximum Gasteiger partial charge on any atom is 0.138 e. The van der Waals surface area contributed by atoms with Crippen molar-refractivity contribution < 1.29 is 4.39 Å². The quantitative estimate of drug-likeness (QED) is 0.588.